The first kappa shape index (κ1) is 28.5. The normalized spacial score (nSPS) is 13.1. The number of hydrogen-bond donors (Lipinski definition) is 4. The number of rotatable bonds is 18. The van der Waals surface area contributed by atoms with Gasteiger partial charge in [0.05, 0.1) is 19.6 Å². The zero-order valence-electron chi connectivity index (χ0n) is 22.0. The van der Waals surface area contributed by atoms with Crippen LogP contribution in [-0.4, -0.2) is 80.0 Å². The first-order valence-corrected chi connectivity index (χ1v) is 13.4. The molecule has 5 N–H and O–H groups in total. The monoisotopic (exact) mass is 514 g/mol. The number of anilines is 4. The summed E-state index contributed by atoms with van der Waals surface area (Å²) in [6.07, 6.45) is 5.59. The highest BCUT2D eigenvalue weighted by atomic mass is 16.5. The van der Waals surface area contributed by atoms with Crippen LogP contribution < -0.4 is 26.6 Å². The summed E-state index contributed by atoms with van der Waals surface area (Å²) in [6.45, 7) is 8.21. The van der Waals surface area contributed by atoms with Crippen molar-refractivity contribution in [2.24, 2.45) is 5.73 Å². The van der Waals surface area contributed by atoms with Crippen LogP contribution in [0.4, 0.5) is 23.5 Å². The zero-order valence-corrected chi connectivity index (χ0v) is 22.0. The van der Waals surface area contributed by atoms with Gasteiger partial charge in [-0.3, -0.25) is 4.79 Å². The second kappa shape index (κ2) is 16.7. The lowest BCUT2D eigenvalue weighted by Crippen LogP contribution is -2.28. The SMILES string of the molecule is CCCCNc1nc(Nc2ccc(CC(=O)NCCOCCCOCCN)cc2)nc(N2CCCC2)n1. The van der Waals surface area contributed by atoms with Crippen molar-refractivity contribution in [1.29, 1.82) is 0 Å². The molecule has 0 aliphatic carbocycles. The maximum Gasteiger partial charge on any atom is 0.233 e. The maximum atomic E-state index is 12.3. The summed E-state index contributed by atoms with van der Waals surface area (Å²) in [5, 5.41) is 9.49. The summed E-state index contributed by atoms with van der Waals surface area (Å²) in [6, 6.07) is 7.73. The summed E-state index contributed by atoms with van der Waals surface area (Å²) in [5.74, 6) is 1.76. The first-order valence-electron chi connectivity index (χ1n) is 13.4. The number of hydrogen-bond acceptors (Lipinski definition) is 10. The Bertz CT molecular complexity index is 923. The lowest BCUT2D eigenvalue weighted by molar-refractivity contribution is -0.120. The van der Waals surface area contributed by atoms with Crippen molar-refractivity contribution in [2.45, 2.75) is 45.4 Å². The molecule has 11 nitrogen and oxygen atoms in total. The fourth-order valence-electron chi connectivity index (χ4n) is 3.83. The Morgan fingerprint density at radius 1 is 0.946 bits per heavy atom. The van der Waals surface area contributed by atoms with E-state index in [9.17, 15) is 4.79 Å². The first-order chi connectivity index (χ1) is 18.2. The number of aromatic nitrogens is 3. The number of carbonyl (C=O) groups excluding carboxylic acids is 1. The van der Waals surface area contributed by atoms with Crippen molar-refractivity contribution < 1.29 is 14.3 Å². The van der Waals surface area contributed by atoms with E-state index in [-0.39, 0.29) is 5.91 Å². The van der Waals surface area contributed by atoms with Crippen molar-refractivity contribution in [3.63, 3.8) is 0 Å². The number of nitrogens with two attached hydrogens (primary N) is 1. The summed E-state index contributed by atoms with van der Waals surface area (Å²) < 4.78 is 10.8. The Hall–Kier alpha value is -3.02. The standard InChI is InChI=1S/C26H42N8O3/c1-2-3-12-29-24-31-25(33-26(32-24)34-14-4-5-15-34)30-22-9-7-21(8-10-22)20-23(35)28-13-19-37-17-6-16-36-18-11-27/h7-10H,2-6,11-20,27H2,1H3,(H,28,35)(H2,29,30,31,32,33). The fraction of sp³-hybridized carbons (Fsp3) is 0.615. The minimum absolute atomic E-state index is 0.0360. The van der Waals surface area contributed by atoms with Crippen LogP contribution in [0.3, 0.4) is 0 Å². The van der Waals surface area contributed by atoms with E-state index < -0.39 is 0 Å². The topological polar surface area (TPSA) is 140 Å². The highest BCUT2D eigenvalue weighted by molar-refractivity contribution is 5.78. The third-order valence-electron chi connectivity index (χ3n) is 5.81. The van der Waals surface area contributed by atoms with Gasteiger partial charge in [-0.1, -0.05) is 25.5 Å². The molecule has 1 aliphatic heterocycles. The largest absolute Gasteiger partial charge is 0.380 e. The van der Waals surface area contributed by atoms with Gasteiger partial charge in [-0.15, -0.1) is 0 Å². The van der Waals surface area contributed by atoms with Crippen LogP contribution in [-0.2, 0) is 20.7 Å². The molecule has 0 unspecified atom stereocenters. The van der Waals surface area contributed by atoms with Crippen molar-refractivity contribution in [3.8, 4) is 0 Å². The van der Waals surface area contributed by atoms with Crippen LogP contribution in [0.15, 0.2) is 24.3 Å². The molecule has 0 saturated carbocycles. The highest BCUT2D eigenvalue weighted by Gasteiger charge is 2.17. The van der Waals surface area contributed by atoms with Crippen LogP contribution in [0.25, 0.3) is 0 Å². The number of carbonyl (C=O) groups is 1. The van der Waals surface area contributed by atoms with Crippen LogP contribution >= 0.6 is 0 Å². The van der Waals surface area contributed by atoms with Crippen molar-refractivity contribution in [3.05, 3.63) is 29.8 Å². The molecule has 1 saturated heterocycles. The average molecular weight is 515 g/mol. The van der Waals surface area contributed by atoms with E-state index in [1.165, 1.54) is 0 Å². The number of nitrogens with zero attached hydrogens (tertiary/aromatic N) is 4. The Kier molecular flexibility index (Phi) is 12.9. The molecule has 1 aromatic heterocycles. The van der Waals surface area contributed by atoms with Gasteiger partial charge in [0.25, 0.3) is 0 Å². The molecule has 1 amide bonds. The molecular formula is C26H42N8O3. The van der Waals surface area contributed by atoms with E-state index in [1.807, 2.05) is 24.3 Å². The van der Waals surface area contributed by atoms with Gasteiger partial charge in [-0.25, -0.2) is 0 Å². The second-order valence-electron chi connectivity index (χ2n) is 8.97. The average Bonchev–Trinajstić information content (AvgIpc) is 3.44. The molecule has 11 heteroatoms. The third-order valence-corrected chi connectivity index (χ3v) is 5.81. The van der Waals surface area contributed by atoms with E-state index in [1.54, 1.807) is 0 Å². The Balaban J connectivity index is 1.44. The van der Waals surface area contributed by atoms with Gasteiger partial charge in [0.15, 0.2) is 0 Å². The number of amides is 1. The molecule has 204 valence electrons. The van der Waals surface area contributed by atoms with Gasteiger partial charge in [0.1, 0.15) is 0 Å². The number of ether oxygens (including phenoxy) is 2. The molecule has 2 heterocycles. The van der Waals surface area contributed by atoms with Crippen LogP contribution in [0.1, 0.15) is 44.6 Å². The molecule has 2 aromatic rings. The fourth-order valence-corrected chi connectivity index (χ4v) is 3.83. The minimum atomic E-state index is -0.0360. The summed E-state index contributed by atoms with van der Waals surface area (Å²) in [7, 11) is 0. The van der Waals surface area contributed by atoms with Crippen LogP contribution in [0.2, 0.25) is 0 Å². The third kappa shape index (κ3) is 10.9. The van der Waals surface area contributed by atoms with Gasteiger partial charge < -0.3 is 36.1 Å². The number of nitrogens with one attached hydrogen (secondary N) is 3. The summed E-state index contributed by atoms with van der Waals surface area (Å²) in [5.41, 5.74) is 7.15. The second-order valence-corrected chi connectivity index (χ2v) is 8.97. The Labute approximate surface area is 219 Å². The number of benzene rings is 1. The van der Waals surface area contributed by atoms with E-state index in [4.69, 9.17) is 15.2 Å². The highest BCUT2D eigenvalue weighted by Crippen LogP contribution is 2.21. The van der Waals surface area contributed by atoms with Crippen molar-refractivity contribution in [1.82, 2.24) is 20.3 Å². The van der Waals surface area contributed by atoms with Gasteiger partial charge in [-0.05, 0) is 43.4 Å². The quantitative estimate of drug-likeness (QED) is 0.219. The van der Waals surface area contributed by atoms with Gasteiger partial charge in [0, 0.05) is 51.6 Å². The molecule has 1 aromatic carbocycles. The van der Waals surface area contributed by atoms with Gasteiger partial charge >= 0.3 is 0 Å². The summed E-state index contributed by atoms with van der Waals surface area (Å²) >= 11 is 0. The van der Waals surface area contributed by atoms with E-state index in [2.05, 4.69) is 42.7 Å². The molecule has 0 spiro atoms. The minimum Gasteiger partial charge on any atom is -0.380 e. The molecule has 1 aliphatic rings. The Morgan fingerprint density at radius 2 is 1.68 bits per heavy atom. The molecule has 0 atom stereocenters. The molecule has 0 bridgehead atoms. The van der Waals surface area contributed by atoms with E-state index in [0.717, 1.165) is 63.0 Å². The van der Waals surface area contributed by atoms with Crippen molar-refractivity contribution >= 4 is 29.4 Å². The molecule has 37 heavy (non-hydrogen) atoms. The van der Waals surface area contributed by atoms with Gasteiger partial charge in [-0.2, -0.15) is 15.0 Å². The number of unbranched alkanes of at least 4 members (excludes halogenated alkanes) is 1. The van der Waals surface area contributed by atoms with Crippen LogP contribution in [0, 0.1) is 0 Å². The molecule has 3 rings (SSSR count). The van der Waals surface area contributed by atoms with Crippen molar-refractivity contribution in [2.75, 3.05) is 74.7 Å². The van der Waals surface area contributed by atoms with Crippen LogP contribution in [0.5, 0.6) is 0 Å². The predicted octanol–water partition coefficient (Wildman–Crippen LogP) is 2.47. The molecule has 0 radical (unpaired) electrons. The zero-order chi connectivity index (χ0) is 26.1. The smallest absolute Gasteiger partial charge is 0.233 e. The maximum absolute atomic E-state index is 12.3. The lowest BCUT2D eigenvalue weighted by Gasteiger charge is -2.17. The van der Waals surface area contributed by atoms with E-state index >= 15 is 0 Å². The molecule has 1 fully saturated rings. The lowest BCUT2D eigenvalue weighted by atomic mass is 10.1. The predicted molar refractivity (Wildman–Crippen MR) is 146 cm³/mol. The van der Waals surface area contributed by atoms with E-state index in [0.29, 0.717) is 63.8 Å². The molecular weight excluding hydrogens is 472 g/mol. The van der Waals surface area contributed by atoms with Gasteiger partial charge in [0.2, 0.25) is 23.8 Å². The Morgan fingerprint density at radius 3 is 2.41 bits per heavy atom. The summed E-state index contributed by atoms with van der Waals surface area (Å²) in [4.78, 5) is 28.3.